The van der Waals surface area contributed by atoms with Crippen molar-refractivity contribution in [1.82, 2.24) is 14.5 Å². The van der Waals surface area contributed by atoms with E-state index in [1.165, 1.54) is 16.4 Å². The van der Waals surface area contributed by atoms with Gasteiger partial charge in [0.1, 0.15) is 5.82 Å². The van der Waals surface area contributed by atoms with Crippen molar-refractivity contribution in [2.75, 3.05) is 32.7 Å². The topological polar surface area (TPSA) is 69.7 Å². The number of amides is 2. The average Bonchev–Trinajstić information content (AvgIpc) is 2.69. The number of carbonyl (C=O) groups excluding carboxylic acids is 1. The average molecular weight is 470 g/mol. The predicted molar refractivity (Wildman–Crippen MR) is 108 cm³/mol. The number of nitrogens with zero attached hydrogens (tertiary/aromatic N) is 2. The number of urea groups is 1. The fourth-order valence-electron chi connectivity index (χ4n) is 2.98. The predicted octanol–water partition coefficient (Wildman–Crippen LogP) is 2.85. The Morgan fingerprint density at radius 2 is 1.75 bits per heavy atom. The standard InChI is InChI=1S/C19H21BrFN3O3S/c20-16-2-1-3-18(14-16)28(26,27)24-12-10-23(11-13-24)19(25)22-9-8-15-4-6-17(21)7-5-15/h1-7,14H,8-13H2,(H,22,25). The molecule has 1 N–H and O–H groups in total. The van der Waals surface area contributed by atoms with Gasteiger partial charge in [-0.25, -0.2) is 17.6 Å². The minimum absolute atomic E-state index is 0.221. The highest BCUT2D eigenvalue weighted by molar-refractivity contribution is 9.10. The van der Waals surface area contributed by atoms with Gasteiger partial charge in [0.05, 0.1) is 4.90 Å². The first-order chi connectivity index (χ1) is 13.4. The molecule has 3 rings (SSSR count). The number of carbonyl (C=O) groups is 1. The van der Waals surface area contributed by atoms with Crippen molar-refractivity contribution in [3.63, 3.8) is 0 Å². The lowest BCUT2D eigenvalue weighted by molar-refractivity contribution is 0.172. The van der Waals surface area contributed by atoms with Gasteiger partial charge >= 0.3 is 6.03 Å². The Bertz CT molecular complexity index is 930. The van der Waals surface area contributed by atoms with Crippen molar-refractivity contribution in [2.24, 2.45) is 0 Å². The van der Waals surface area contributed by atoms with Crippen LogP contribution in [0, 0.1) is 5.82 Å². The molecule has 0 saturated carbocycles. The number of hydrogen-bond donors (Lipinski definition) is 1. The minimum atomic E-state index is -3.58. The highest BCUT2D eigenvalue weighted by Gasteiger charge is 2.30. The SMILES string of the molecule is O=C(NCCc1ccc(F)cc1)N1CCN(S(=O)(=O)c2cccc(Br)c2)CC1. The Balaban J connectivity index is 1.49. The zero-order valence-corrected chi connectivity index (χ0v) is 17.5. The van der Waals surface area contributed by atoms with E-state index in [0.29, 0.717) is 30.5 Å². The lowest BCUT2D eigenvalue weighted by Crippen LogP contribution is -2.53. The summed E-state index contributed by atoms with van der Waals surface area (Å²) in [6, 6.07) is 12.5. The maximum Gasteiger partial charge on any atom is 0.317 e. The third kappa shape index (κ3) is 5.09. The molecule has 1 saturated heterocycles. The summed E-state index contributed by atoms with van der Waals surface area (Å²) in [5, 5.41) is 2.83. The molecule has 6 nitrogen and oxygen atoms in total. The molecule has 150 valence electrons. The van der Waals surface area contributed by atoms with Crippen LogP contribution < -0.4 is 5.32 Å². The highest BCUT2D eigenvalue weighted by atomic mass is 79.9. The fourth-order valence-corrected chi connectivity index (χ4v) is 5.00. The molecule has 1 aliphatic heterocycles. The number of sulfonamides is 1. The molecule has 0 aromatic heterocycles. The quantitative estimate of drug-likeness (QED) is 0.731. The molecule has 1 aliphatic rings. The number of hydrogen-bond acceptors (Lipinski definition) is 3. The first-order valence-corrected chi connectivity index (χ1v) is 11.1. The molecular weight excluding hydrogens is 449 g/mol. The molecule has 2 amide bonds. The minimum Gasteiger partial charge on any atom is -0.338 e. The fraction of sp³-hybridized carbons (Fsp3) is 0.316. The van der Waals surface area contributed by atoms with E-state index in [-0.39, 0.29) is 29.8 Å². The summed E-state index contributed by atoms with van der Waals surface area (Å²) < 4.78 is 40.5. The third-order valence-corrected chi connectivity index (χ3v) is 6.95. The van der Waals surface area contributed by atoms with Crippen molar-refractivity contribution >= 4 is 32.0 Å². The Morgan fingerprint density at radius 3 is 2.39 bits per heavy atom. The lowest BCUT2D eigenvalue weighted by Gasteiger charge is -2.34. The number of halogens is 2. The first kappa shape index (κ1) is 20.8. The zero-order chi connectivity index (χ0) is 20.1. The third-order valence-electron chi connectivity index (χ3n) is 4.56. The molecule has 0 unspecified atom stereocenters. The van der Waals surface area contributed by atoms with Gasteiger partial charge in [-0.05, 0) is 42.3 Å². The van der Waals surface area contributed by atoms with Crippen LogP contribution in [0.2, 0.25) is 0 Å². The van der Waals surface area contributed by atoms with Crippen LogP contribution in [0.25, 0.3) is 0 Å². The number of piperazine rings is 1. The maximum atomic E-state index is 12.9. The molecule has 0 atom stereocenters. The van der Waals surface area contributed by atoms with Gasteiger partial charge in [-0.1, -0.05) is 34.1 Å². The van der Waals surface area contributed by atoms with Gasteiger partial charge in [-0.15, -0.1) is 0 Å². The molecule has 0 bridgehead atoms. The molecule has 0 aliphatic carbocycles. The van der Waals surface area contributed by atoms with Crippen molar-refractivity contribution in [3.8, 4) is 0 Å². The second-order valence-corrected chi connectivity index (χ2v) is 9.31. The summed E-state index contributed by atoms with van der Waals surface area (Å²) in [6.07, 6.45) is 0.600. The van der Waals surface area contributed by atoms with Crippen LogP contribution in [-0.2, 0) is 16.4 Å². The van der Waals surface area contributed by atoms with Crippen LogP contribution in [0.3, 0.4) is 0 Å². The highest BCUT2D eigenvalue weighted by Crippen LogP contribution is 2.21. The van der Waals surface area contributed by atoms with Crippen LogP contribution in [0.5, 0.6) is 0 Å². The normalized spacial score (nSPS) is 15.4. The Morgan fingerprint density at radius 1 is 1.07 bits per heavy atom. The second kappa shape index (κ2) is 9.02. The van der Waals surface area contributed by atoms with Gasteiger partial charge in [-0.2, -0.15) is 4.31 Å². The molecule has 2 aromatic carbocycles. The number of rotatable bonds is 5. The van der Waals surface area contributed by atoms with E-state index in [2.05, 4.69) is 21.2 Å². The van der Waals surface area contributed by atoms with Crippen molar-refractivity contribution in [1.29, 1.82) is 0 Å². The van der Waals surface area contributed by atoms with E-state index in [9.17, 15) is 17.6 Å². The maximum absolute atomic E-state index is 12.9. The van der Waals surface area contributed by atoms with Crippen LogP contribution in [0.15, 0.2) is 57.9 Å². The van der Waals surface area contributed by atoms with Crippen molar-refractivity contribution < 1.29 is 17.6 Å². The van der Waals surface area contributed by atoms with Crippen molar-refractivity contribution in [3.05, 3.63) is 64.4 Å². The molecule has 28 heavy (non-hydrogen) atoms. The van der Waals surface area contributed by atoms with Gasteiger partial charge in [0.15, 0.2) is 0 Å². The van der Waals surface area contributed by atoms with E-state index >= 15 is 0 Å². The van der Waals surface area contributed by atoms with E-state index in [0.717, 1.165) is 5.56 Å². The Labute approximate surface area is 172 Å². The van der Waals surface area contributed by atoms with Crippen molar-refractivity contribution in [2.45, 2.75) is 11.3 Å². The van der Waals surface area contributed by atoms with Gasteiger partial charge < -0.3 is 10.2 Å². The summed E-state index contributed by atoms with van der Waals surface area (Å²) in [7, 11) is -3.58. The number of benzene rings is 2. The second-order valence-electron chi connectivity index (χ2n) is 6.46. The van der Waals surface area contributed by atoms with E-state index in [1.54, 1.807) is 41.3 Å². The van der Waals surface area contributed by atoms with Crippen LogP contribution in [0.4, 0.5) is 9.18 Å². The van der Waals surface area contributed by atoms with Gasteiger partial charge in [0.2, 0.25) is 10.0 Å². The van der Waals surface area contributed by atoms with E-state index < -0.39 is 10.0 Å². The molecule has 9 heteroatoms. The molecule has 1 fully saturated rings. The largest absolute Gasteiger partial charge is 0.338 e. The Hall–Kier alpha value is -1.97. The monoisotopic (exact) mass is 469 g/mol. The summed E-state index contributed by atoms with van der Waals surface area (Å²) in [4.78, 5) is 14.1. The van der Waals surface area contributed by atoms with E-state index in [4.69, 9.17) is 0 Å². The van der Waals surface area contributed by atoms with Crippen LogP contribution >= 0.6 is 15.9 Å². The summed E-state index contributed by atoms with van der Waals surface area (Å²) in [6.45, 7) is 1.59. The lowest BCUT2D eigenvalue weighted by atomic mass is 10.1. The summed E-state index contributed by atoms with van der Waals surface area (Å²) in [5.74, 6) is -0.288. The molecule has 0 radical (unpaired) electrons. The van der Waals surface area contributed by atoms with Gasteiger partial charge in [-0.3, -0.25) is 0 Å². The molecule has 1 heterocycles. The van der Waals surface area contributed by atoms with E-state index in [1.807, 2.05) is 0 Å². The number of nitrogens with one attached hydrogen (secondary N) is 1. The van der Waals surface area contributed by atoms with Crippen LogP contribution in [0.1, 0.15) is 5.56 Å². The molecular formula is C19H21BrFN3O3S. The zero-order valence-electron chi connectivity index (χ0n) is 15.1. The molecule has 0 spiro atoms. The summed E-state index contributed by atoms with van der Waals surface area (Å²) in [5.41, 5.74) is 0.937. The summed E-state index contributed by atoms with van der Waals surface area (Å²) >= 11 is 3.29. The smallest absolute Gasteiger partial charge is 0.317 e. The van der Waals surface area contributed by atoms with Gasteiger partial charge in [0.25, 0.3) is 0 Å². The first-order valence-electron chi connectivity index (χ1n) is 8.89. The molecule has 2 aromatic rings. The van der Waals surface area contributed by atoms with Crippen LogP contribution in [-0.4, -0.2) is 56.4 Å². The van der Waals surface area contributed by atoms with Gasteiger partial charge in [0, 0.05) is 37.2 Å². The Kier molecular flexibility index (Phi) is 6.69.